The summed E-state index contributed by atoms with van der Waals surface area (Å²) in [4.78, 5) is 15.1. The summed E-state index contributed by atoms with van der Waals surface area (Å²) in [5.74, 6) is -0.257. The van der Waals surface area contributed by atoms with E-state index in [1.807, 2.05) is 50.2 Å². The minimum Gasteiger partial charge on any atom is -0.462 e. The molecule has 1 heterocycles. The van der Waals surface area contributed by atoms with Gasteiger partial charge in [-0.25, -0.2) is 4.79 Å². The van der Waals surface area contributed by atoms with E-state index in [4.69, 9.17) is 4.74 Å². The molecular formula is C15H17NO2. The topological polar surface area (TPSA) is 42.1 Å². The van der Waals surface area contributed by atoms with Crippen LogP contribution in [-0.4, -0.2) is 17.6 Å². The molecule has 3 heteroatoms. The van der Waals surface area contributed by atoms with Crippen molar-refractivity contribution in [1.82, 2.24) is 4.98 Å². The predicted molar refractivity (Wildman–Crippen MR) is 71.6 cm³/mol. The molecule has 0 bridgehead atoms. The highest BCUT2D eigenvalue weighted by atomic mass is 16.5. The molecule has 2 rings (SSSR count). The number of carbonyl (C=O) groups is 1. The Morgan fingerprint density at radius 3 is 2.56 bits per heavy atom. The third-order valence-corrected chi connectivity index (χ3v) is 2.83. The van der Waals surface area contributed by atoms with Gasteiger partial charge in [-0.3, -0.25) is 0 Å². The Balaban J connectivity index is 2.38. The Morgan fingerprint density at radius 1 is 1.22 bits per heavy atom. The van der Waals surface area contributed by atoms with Gasteiger partial charge in [0, 0.05) is 11.4 Å². The average molecular weight is 243 g/mol. The number of hydrogen-bond acceptors (Lipinski definition) is 2. The summed E-state index contributed by atoms with van der Waals surface area (Å²) in [5.41, 5.74) is 3.59. The van der Waals surface area contributed by atoms with E-state index in [-0.39, 0.29) is 5.97 Å². The molecule has 0 unspecified atom stereocenters. The van der Waals surface area contributed by atoms with E-state index >= 15 is 0 Å². The molecular weight excluding hydrogens is 226 g/mol. The van der Waals surface area contributed by atoms with Crippen molar-refractivity contribution in [2.45, 2.75) is 20.3 Å². The van der Waals surface area contributed by atoms with Crippen LogP contribution in [-0.2, 0) is 11.2 Å². The second kappa shape index (κ2) is 5.54. The molecule has 94 valence electrons. The summed E-state index contributed by atoms with van der Waals surface area (Å²) in [6.07, 6.45) is 0.779. The molecule has 0 radical (unpaired) electrons. The van der Waals surface area contributed by atoms with Crippen LogP contribution in [0.2, 0.25) is 0 Å². The normalized spacial score (nSPS) is 10.3. The second-order valence-electron chi connectivity index (χ2n) is 4.02. The first kappa shape index (κ1) is 12.4. The highest BCUT2D eigenvalue weighted by Crippen LogP contribution is 2.22. The number of carbonyl (C=O) groups excluding carboxylic acids is 1. The van der Waals surface area contributed by atoms with E-state index in [0.29, 0.717) is 12.2 Å². The maximum Gasteiger partial charge on any atom is 0.339 e. The molecule has 0 aliphatic carbocycles. The van der Waals surface area contributed by atoms with Crippen LogP contribution in [0.15, 0.2) is 36.4 Å². The summed E-state index contributed by atoms with van der Waals surface area (Å²) in [6.45, 7) is 4.23. The van der Waals surface area contributed by atoms with Crippen molar-refractivity contribution in [2.75, 3.05) is 6.61 Å². The molecule has 0 atom stereocenters. The van der Waals surface area contributed by atoms with Crippen molar-refractivity contribution < 1.29 is 9.53 Å². The Morgan fingerprint density at radius 2 is 1.94 bits per heavy atom. The number of aryl methyl sites for hydroxylation is 1. The number of benzene rings is 1. The quantitative estimate of drug-likeness (QED) is 0.836. The van der Waals surface area contributed by atoms with Gasteiger partial charge in [0.2, 0.25) is 0 Å². The van der Waals surface area contributed by atoms with Gasteiger partial charge in [0.1, 0.15) is 0 Å². The Labute approximate surface area is 107 Å². The van der Waals surface area contributed by atoms with E-state index < -0.39 is 0 Å². The van der Waals surface area contributed by atoms with Crippen LogP contribution in [0, 0.1) is 0 Å². The molecule has 0 fully saturated rings. The standard InChI is InChI=1S/C15H17NO2/c1-3-13-12(15(17)18-4-2)10-14(16-13)11-8-6-5-7-9-11/h5-10,16H,3-4H2,1-2H3. The highest BCUT2D eigenvalue weighted by molar-refractivity contribution is 5.92. The molecule has 0 spiro atoms. The Hall–Kier alpha value is -2.03. The Kier molecular flexibility index (Phi) is 3.82. The smallest absolute Gasteiger partial charge is 0.339 e. The van der Waals surface area contributed by atoms with E-state index in [0.717, 1.165) is 23.4 Å². The van der Waals surface area contributed by atoms with Gasteiger partial charge >= 0.3 is 5.97 Å². The maximum absolute atomic E-state index is 11.8. The van der Waals surface area contributed by atoms with Crippen molar-refractivity contribution in [3.05, 3.63) is 47.7 Å². The summed E-state index contributed by atoms with van der Waals surface area (Å²) >= 11 is 0. The summed E-state index contributed by atoms with van der Waals surface area (Å²) < 4.78 is 5.06. The van der Waals surface area contributed by atoms with Gasteiger partial charge in [-0.1, -0.05) is 37.3 Å². The lowest BCUT2D eigenvalue weighted by molar-refractivity contribution is 0.0525. The molecule has 0 aliphatic heterocycles. The Bertz CT molecular complexity index is 529. The maximum atomic E-state index is 11.8. The first-order valence-corrected chi connectivity index (χ1v) is 6.20. The van der Waals surface area contributed by atoms with Gasteiger partial charge in [-0.05, 0) is 25.0 Å². The van der Waals surface area contributed by atoms with Gasteiger partial charge < -0.3 is 9.72 Å². The van der Waals surface area contributed by atoms with E-state index in [2.05, 4.69) is 4.98 Å². The van der Waals surface area contributed by atoms with Crippen LogP contribution >= 0.6 is 0 Å². The van der Waals surface area contributed by atoms with E-state index in [1.54, 1.807) is 0 Å². The minimum absolute atomic E-state index is 0.257. The number of nitrogens with one attached hydrogen (secondary N) is 1. The molecule has 0 saturated carbocycles. The van der Waals surface area contributed by atoms with Crippen LogP contribution in [0.4, 0.5) is 0 Å². The molecule has 18 heavy (non-hydrogen) atoms. The van der Waals surface area contributed by atoms with Crippen LogP contribution in [0.5, 0.6) is 0 Å². The summed E-state index contributed by atoms with van der Waals surface area (Å²) in [6, 6.07) is 11.8. The highest BCUT2D eigenvalue weighted by Gasteiger charge is 2.15. The van der Waals surface area contributed by atoms with Crippen LogP contribution < -0.4 is 0 Å². The van der Waals surface area contributed by atoms with Crippen molar-refractivity contribution in [3.8, 4) is 11.3 Å². The predicted octanol–water partition coefficient (Wildman–Crippen LogP) is 3.42. The number of aromatic nitrogens is 1. The van der Waals surface area contributed by atoms with Crippen molar-refractivity contribution in [2.24, 2.45) is 0 Å². The lowest BCUT2D eigenvalue weighted by Crippen LogP contribution is -2.05. The number of esters is 1. The zero-order valence-corrected chi connectivity index (χ0v) is 10.7. The molecule has 1 N–H and O–H groups in total. The van der Waals surface area contributed by atoms with Crippen LogP contribution in [0.3, 0.4) is 0 Å². The lowest BCUT2D eigenvalue weighted by atomic mass is 10.1. The molecule has 0 saturated heterocycles. The first-order chi connectivity index (χ1) is 8.76. The number of aromatic amines is 1. The molecule has 0 aliphatic rings. The van der Waals surface area contributed by atoms with Crippen LogP contribution in [0.1, 0.15) is 29.9 Å². The van der Waals surface area contributed by atoms with Crippen molar-refractivity contribution in [3.63, 3.8) is 0 Å². The van der Waals surface area contributed by atoms with E-state index in [9.17, 15) is 4.79 Å². The molecule has 3 nitrogen and oxygen atoms in total. The number of hydrogen-bond donors (Lipinski definition) is 1. The number of H-pyrrole nitrogens is 1. The number of rotatable bonds is 4. The zero-order valence-electron chi connectivity index (χ0n) is 10.7. The van der Waals surface area contributed by atoms with Crippen molar-refractivity contribution in [1.29, 1.82) is 0 Å². The third kappa shape index (κ3) is 2.45. The average Bonchev–Trinajstić information content (AvgIpc) is 2.84. The SMILES string of the molecule is CCOC(=O)c1cc(-c2ccccc2)[nH]c1CC. The van der Waals surface area contributed by atoms with Crippen LogP contribution in [0.25, 0.3) is 11.3 Å². The molecule has 1 aromatic carbocycles. The van der Waals surface area contributed by atoms with Gasteiger partial charge in [0.05, 0.1) is 12.2 Å². The summed E-state index contributed by atoms with van der Waals surface area (Å²) in [5, 5.41) is 0. The van der Waals surface area contributed by atoms with Gasteiger partial charge in [-0.2, -0.15) is 0 Å². The fourth-order valence-electron chi connectivity index (χ4n) is 1.94. The second-order valence-corrected chi connectivity index (χ2v) is 4.02. The minimum atomic E-state index is -0.257. The van der Waals surface area contributed by atoms with Gasteiger partial charge in [0.25, 0.3) is 0 Å². The molecule has 2 aromatic rings. The fraction of sp³-hybridized carbons (Fsp3) is 0.267. The van der Waals surface area contributed by atoms with Gasteiger partial charge in [-0.15, -0.1) is 0 Å². The molecule has 1 aromatic heterocycles. The monoisotopic (exact) mass is 243 g/mol. The summed E-state index contributed by atoms with van der Waals surface area (Å²) in [7, 11) is 0. The largest absolute Gasteiger partial charge is 0.462 e. The number of ether oxygens (including phenoxy) is 1. The van der Waals surface area contributed by atoms with Gasteiger partial charge in [0.15, 0.2) is 0 Å². The molecule has 0 amide bonds. The van der Waals surface area contributed by atoms with Crippen molar-refractivity contribution >= 4 is 5.97 Å². The first-order valence-electron chi connectivity index (χ1n) is 6.20. The lowest BCUT2D eigenvalue weighted by Gasteiger charge is -2.00. The third-order valence-electron chi connectivity index (χ3n) is 2.83. The van der Waals surface area contributed by atoms with E-state index in [1.165, 1.54) is 0 Å². The fourth-order valence-corrected chi connectivity index (χ4v) is 1.94. The zero-order chi connectivity index (χ0) is 13.0.